The third-order valence-electron chi connectivity index (χ3n) is 5.45. The predicted molar refractivity (Wildman–Crippen MR) is 104 cm³/mol. The van der Waals surface area contributed by atoms with Gasteiger partial charge in [0, 0.05) is 0 Å². The summed E-state index contributed by atoms with van der Waals surface area (Å²) in [6.45, 7) is 13.6. The largest absolute Gasteiger partial charge is 0.497 e. The van der Waals surface area contributed by atoms with Gasteiger partial charge in [0.1, 0.15) is 5.75 Å². The van der Waals surface area contributed by atoms with Crippen molar-refractivity contribution in [2.45, 2.75) is 64.6 Å². The molecular weight excluding hydrogens is 348 g/mol. The summed E-state index contributed by atoms with van der Waals surface area (Å²) < 4.78 is 23.0. The molecule has 0 aliphatic carbocycles. The summed E-state index contributed by atoms with van der Waals surface area (Å²) in [4.78, 5) is 12.1. The molecular formula is C20H32O5Si. The first-order valence-corrected chi connectivity index (χ1v) is 12.0. The summed E-state index contributed by atoms with van der Waals surface area (Å²) in [7, 11) is -0.356. The molecule has 0 bridgehead atoms. The van der Waals surface area contributed by atoms with Crippen LogP contribution in [-0.2, 0) is 25.3 Å². The third kappa shape index (κ3) is 4.87. The van der Waals surface area contributed by atoms with Crippen molar-refractivity contribution in [3.8, 4) is 5.75 Å². The minimum absolute atomic E-state index is 0.0762. The molecule has 0 unspecified atom stereocenters. The van der Waals surface area contributed by atoms with Crippen LogP contribution in [0.2, 0.25) is 18.1 Å². The first-order chi connectivity index (χ1) is 12.0. The number of ether oxygens (including phenoxy) is 3. The van der Waals surface area contributed by atoms with E-state index in [0.29, 0.717) is 13.2 Å². The van der Waals surface area contributed by atoms with Crippen molar-refractivity contribution < 1.29 is 23.4 Å². The quantitative estimate of drug-likeness (QED) is 0.525. The summed E-state index contributed by atoms with van der Waals surface area (Å²) in [5.41, 5.74) is 1.05. The van der Waals surface area contributed by atoms with Crippen molar-refractivity contribution in [2.24, 2.45) is 5.92 Å². The van der Waals surface area contributed by atoms with Crippen LogP contribution in [-0.4, -0.2) is 40.2 Å². The highest BCUT2D eigenvalue weighted by atomic mass is 28.4. The maximum Gasteiger partial charge on any atom is 0.311 e. The fourth-order valence-electron chi connectivity index (χ4n) is 2.62. The third-order valence-corrected chi connectivity index (χ3v) is 9.92. The van der Waals surface area contributed by atoms with E-state index in [9.17, 15) is 4.79 Å². The van der Waals surface area contributed by atoms with Crippen LogP contribution in [0, 0.1) is 5.92 Å². The molecule has 0 saturated carbocycles. The van der Waals surface area contributed by atoms with Crippen LogP contribution >= 0.6 is 0 Å². The Morgan fingerprint density at radius 3 is 2.31 bits per heavy atom. The topological polar surface area (TPSA) is 54.0 Å². The first kappa shape index (κ1) is 20.9. The smallest absolute Gasteiger partial charge is 0.311 e. The second-order valence-corrected chi connectivity index (χ2v) is 13.2. The van der Waals surface area contributed by atoms with Gasteiger partial charge in [-0.3, -0.25) is 4.79 Å². The van der Waals surface area contributed by atoms with E-state index in [0.717, 1.165) is 11.3 Å². The van der Waals surface area contributed by atoms with E-state index < -0.39 is 8.32 Å². The Morgan fingerprint density at radius 1 is 1.15 bits per heavy atom. The number of methoxy groups -OCH3 is 1. The van der Waals surface area contributed by atoms with E-state index in [1.54, 1.807) is 7.11 Å². The molecule has 1 aliphatic heterocycles. The highest BCUT2D eigenvalue weighted by molar-refractivity contribution is 6.74. The van der Waals surface area contributed by atoms with Crippen molar-refractivity contribution in [1.82, 2.24) is 0 Å². The number of benzene rings is 1. The lowest BCUT2D eigenvalue weighted by atomic mass is 10.0. The van der Waals surface area contributed by atoms with Crippen molar-refractivity contribution in [1.29, 1.82) is 0 Å². The van der Waals surface area contributed by atoms with Crippen LogP contribution in [0.25, 0.3) is 0 Å². The van der Waals surface area contributed by atoms with Gasteiger partial charge in [0.2, 0.25) is 0 Å². The summed E-state index contributed by atoms with van der Waals surface area (Å²) in [6, 6.07) is 7.73. The zero-order valence-electron chi connectivity index (χ0n) is 17.0. The highest BCUT2D eigenvalue weighted by Crippen LogP contribution is 2.40. The Labute approximate surface area is 158 Å². The molecule has 3 atom stereocenters. The predicted octanol–water partition coefficient (Wildman–Crippen LogP) is 4.16. The average molecular weight is 381 g/mol. The molecule has 6 heteroatoms. The zero-order chi connectivity index (χ0) is 19.5. The Bertz CT molecular complexity index is 606. The Hall–Kier alpha value is -1.37. The van der Waals surface area contributed by atoms with E-state index >= 15 is 0 Å². The highest BCUT2D eigenvalue weighted by Gasteiger charge is 2.48. The number of carbonyl (C=O) groups is 1. The van der Waals surface area contributed by atoms with E-state index in [-0.39, 0.29) is 29.1 Å². The van der Waals surface area contributed by atoms with Crippen LogP contribution in [0.3, 0.4) is 0 Å². The molecule has 0 N–H and O–H groups in total. The molecule has 0 radical (unpaired) electrons. The summed E-state index contributed by atoms with van der Waals surface area (Å²) in [5, 5.41) is 0.0762. The molecule has 2 rings (SSSR count). The van der Waals surface area contributed by atoms with Crippen molar-refractivity contribution in [2.75, 3.05) is 13.7 Å². The Balaban J connectivity index is 1.96. The van der Waals surface area contributed by atoms with Crippen molar-refractivity contribution in [3.63, 3.8) is 0 Å². The van der Waals surface area contributed by atoms with E-state index in [2.05, 4.69) is 33.9 Å². The fourth-order valence-corrected chi connectivity index (χ4v) is 4.01. The molecule has 1 saturated heterocycles. The monoisotopic (exact) mass is 380 g/mol. The number of rotatable bonds is 7. The fraction of sp³-hybridized carbons (Fsp3) is 0.650. The number of carbonyl (C=O) groups excluding carboxylic acids is 1. The summed E-state index contributed by atoms with van der Waals surface area (Å²) in [5.74, 6) is 0.348. The normalized spacial score (nSPS) is 23.8. The van der Waals surface area contributed by atoms with Gasteiger partial charge >= 0.3 is 5.97 Å². The molecule has 0 spiro atoms. The van der Waals surface area contributed by atoms with Crippen LogP contribution in [0.4, 0.5) is 0 Å². The SMILES string of the molecule is COc1ccc(COC[C@H]2OC(=O)[C@@H](C)[C@@H]2O[Si](C)(C)C(C)(C)C)cc1. The maximum atomic E-state index is 12.1. The lowest BCUT2D eigenvalue weighted by molar-refractivity contribution is -0.146. The minimum Gasteiger partial charge on any atom is -0.497 e. The molecule has 0 amide bonds. The summed E-state index contributed by atoms with van der Waals surface area (Å²) >= 11 is 0. The molecule has 26 heavy (non-hydrogen) atoms. The lowest BCUT2D eigenvalue weighted by Gasteiger charge is -2.39. The van der Waals surface area contributed by atoms with E-state index in [1.165, 1.54) is 0 Å². The maximum absolute atomic E-state index is 12.1. The van der Waals surface area contributed by atoms with E-state index in [4.69, 9.17) is 18.6 Å². The van der Waals surface area contributed by atoms with Gasteiger partial charge in [0.15, 0.2) is 14.4 Å². The number of cyclic esters (lactones) is 1. The molecule has 1 aromatic carbocycles. The van der Waals surface area contributed by atoms with Crippen molar-refractivity contribution in [3.05, 3.63) is 29.8 Å². The van der Waals surface area contributed by atoms with Gasteiger partial charge in [0.05, 0.1) is 32.3 Å². The van der Waals surface area contributed by atoms with Gasteiger partial charge in [-0.25, -0.2) is 0 Å². The zero-order valence-corrected chi connectivity index (χ0v) is 18.0. The molecule has 146 valence electrons. The molecule has 5 nitrogen and oxygen atoms in total. The average Bonchev–Trinajstić information content (AvgIpc) is 2.82. The second-order valence-electron chi connectivity index (χ2n) is 8.47. The van der Waals surface area contributed by atoms with Crippen LogP contribution < -0.4 is 4.74 Å². The Morgan fingerprint density at radius 2 is 1.77 bits per heavy atom. The minimum atomic E-state index is -2.00. The molecule has 1 heterocycles. The van der Waals surface area contributed by atoms with Crippen LogP contribution in [0.15, 0.2) is 24.3 Å². The van der Waals surface area contributed by atoms with Gasteiger partial charge < -0.3 is 18.6 Å². The standard InChI is InChI=1S/C20H32O5Si/c1-14-18(25-26(6,7)20(2,3)4)17(24-19(14)21)13-23-12-15-8-10-16(22-5)11-9-15/h8-11,14,17-18H,12-13H2,1-7H3/t14-,17+,18-/m0/s1. The lowest BCUT2D eigenvalue weighted by Crippen LogP contribution is -2.48. The Kier molecular flexibility index (Phi) is 6.53. The van der Waals surface area contributed by atoms with Gasteiger partial charge in [0.25, 0.3) is 0 Å². The van der Waals surface area contributed by atoms with Crippen molar-refractivity contribution >= 4 is 14.3 Å². The van der Waals surface area contributed by atoms with E-state index in [1.807, 2.05) is 31.2 Å². The second kappa shape index (κ2) is 8.11. The number of hydrogen-bond donors (Lipinski definition) is 0. The van der Waals surface area contributed by atoms with Crippen LogP contribution in [0.5, 0.6) is 5.75 Å². The molecule has 1 aliphatic rings. The molecule has 1 fully saturated rings. The van der Waals surface area contributed by atoms with Crippen LogP contribution in [0.1, 0.15) is 33.3 Å². The van der Waals surface area contributed by atoms with Gasteiger partial charge in [-0.2, -0.15) is 0 Å². The first-order valence-electron chi connectivity index (χ1n) is 9.14. The van der Waals surface area contributed by atoms with Gasteiger partial charge in [-0.05, 0) is 42.8 Å². The molecule has 1 aromatic rings. The van der Waals surface area contributed by atoms with Gasteiger partial charge in [-0.1, -0.05) is 32.9 Å². The van der Waals surface area contributed by atoms with Gasteiger partial charge in [-0.15, -0.1) is 0 Å². The number of esters is 1. The summed E-state index contributed by atoms with van der Waals surface area (Å²) in [6.07, 6.45) is -0.607. The number of hydrogen-bond acceptors (Lipinski definition) is 5. The molecule has 0 aromatic heterocycles.